The molecule has 0 aromatic heterocycles. The Balaban J connectivity index is 1.67. The fraction of sp³-hybridized carbons (Fsp3) is 0.316. The topological polar surface area (TPSA) is 46.2 Å². The Hall–Kier alpha value is -1.70. The molecular formula is C19H24NO2P. The van der Waals surface area contributed by atoms with E-state index in [1.165, 1.54) is 5.56 Å². The zero-order valence-corrected chi connectivity index (χ0v) is 14.3. The van der Waals surface area contributed by atoms with Crippen LogP contribution < -0.4 is 5.09 Å². The average molecular weight is 329 g/mol. The molecule has 2 aromatic rings. The highest BCUT2D eigenvalue weighted by atomic mass is 31.1. The Labute approximate surface area is 139 Å². The molecule has 0 fully saturated rings. The van der Waals surface area contributed by atoms with Crippen molar-refractivity contribution in [2.24, 2.45) is 0 Å². The largest absolute Gasteiger partial charge is 0.310 e. The molecule has 0 aliphatic carbocycles. The number of aldehydes is 1. The van der Waals surface area contributed by atoms with E-state index in [0.29, 0.717) is 12.6 Å². The van der Waals surface area contributed by atoms with Crippen LogP contribution in [0.3, 0.4) is 0 Å². The summed E-state index contributed by atoms with van der Waals surface area (Å²) in [7, 11) is -1.90. The Kier molecular flexibility index (Phi) is 7.79. The van der Waals surface area contributed by atoms with Gasteiger partial charge in [-0.25, -0.2) is 0 Å². The molecule has 2 atom stereocenters. The fourth-order valence-corrected chi connectivity index (χ4v) is 3.84. The van der Waals surface area contributed by atoms with Gasteiger partial charge in [0.25, 0.3) is 0 Å². The molecule has 1 N–H and O–H groups in total. The van der Waals surface area contributed by atoms with Crippen LogP contribution in [-0.2, 0) is 22.2 Å². The van der Waals surface area contributed by atoms with E-state index < -0.39 is 7.95 Å². The quantitative estimate of drug-likeness (QED) is 0.409. The van der Waals surface area contributed by atoms with Gasteiger partial charge in [0, 0.05) is 6.16 Å². The first-order valence-corrected chi connectivity index (χ1v) is 9.72. The van der Waals surface area contributed by atoms with Gasteiger partial charge in [-0.2, -0.15) is 0 Å². The van der Waals surface area contributed by atoms with Crippen LogP contribution in [0.5, 0.6) is 0 Å². The number of unbranched alkanes of at least 4 members (excludes halogenated alkanes) is 1. The second-order valence-electron chi connectivity index (χ2n) is 5.69. The monoisotopic (exact) mass is 329 g/mol. The van der Waals surface area contributed by atoms with Gasteiger partial charge in [-0.1, -0.05) is 60.7 Å². The molecule has 0 bridgehead atoms. The first kappa shape index (κ1) is 17.7. The van der Waals surface area contributed by atoms with Crippen LogP contribution in [0, 0.1) is 0 Å². The summed E-state index contributed by atoms with van der Waals surface area (Å²) in [4.78, 5) is 11.2. The number of aryl methyl sites for hydroxylation is 1. The maximum absolute atomic E-state index is 12.1. The summed E-state index contributed by atoms with van der Waals surface area (Å²) in [6.07, 6.45) is 5.04. The van der Waals surface area contributed by atoms with Crippen LogP contribution in [-0.4, -0.2) is 18.5 Å². The maximum atomic E-state index is 12.1. The first-order chi connectivity index (χ1) is 11.3. The molecule has 0 amide bonds. The predicted molar refractivity (Wildman–Crippen MR) is 96.4 cm³/mol. The normalized spacial score (nSPS) is 13.4. The molecule has 0 heterocycles. The Morgan fingerprint density at radius 3 is 2.13 bits per heavy atom. The van der Waals surface area contributed by atoms with Gasteiger partial charge in [0.05, 0.1) is 6.04 Å². The van der Waals surface area contributed by atoms with Crippen molar-refractivity contribution in [3.63, 3.8) is 0 Å². The lowest BCUT2D eigenvalue weighted by Gasteiger charge is -2.12. The number of benzene rings is 2. The van der Waals surface area contributed by atoms with Crippen LogP contribution in [0.4, 0.5) is 0 Å². The molecule has 4 heteroatoms. The fourth-order valence-electron chi connectivity index (χ4n) is 2.54. The number of rotatable bonds is 10. The number of hydrogen-bond acceptors (Lipinski definition) is 2. The average Bonchev–Trinajstić information content (AvgIpc) is 2.60. The molecule has 2 rings (SSSR count). The van der Waals surface area contributed by atoms with Crippen LogP contribution in [0.1, 0.15) is 24.0 Å². The van der Waals surface area contributed by atoms with Crippen molar-refractivity contribution < 1.29 is 9.36 Å². The third kappa shape index (κ3) is 6.94. The van der Waals surface area contributed by atoms with Crippen molar-refractivity contribution in [3.05, 3.63) is 71.8 Å². The lowest BCUT2D eigenvalue weighted by Crippen LogP contribution is -2.27. The van der Waals surface area contributed by atoms with Gasteiger partial charge in [0.1, 0.15) is 14.2 Å². The molecule has 23 heavy (non-hydrogen) atoms. The van der Waals surface area contributed by atoms with Gasteiger partial charge in [-0.15, -0.1) is 0 Å². The predicted octanol–water partition coefficient (Wildman–Crippen LogP) is 3.88. The van der Waals surface area contributed by atoms with Crippen LogP contribution in [0.25, 0.3) is 0 Å². The van der Waals surface area contributed by atoms with E-state index in [9.17, 15) is 9.36 Å². The molecule has 2 aromatic carbocycles. The molecule has 0 aliphatic rings. The maximum Gasteiger partial charge on any atom is 0.137 e. The van der Waals surface area contributed by atoms with Crippen molar-refractivity contribution >= 4 is 14.2 Å². The highest BCUT2D eigenvalue weighted by Gasteiger charge is 2.11. The van der Waals surface area contributed by atoms with Crippen LogP contribution in [0.15, 0.2) is 60.7 Å². The highest BCUT2D eigenvalue weighted by molar-refractivity contribution is 7.42. The zero-order valence-electron chi connectivity index (χ0n) is 13.3. The molecule has 0 aliphatic heterocycles. The molecule has 1 unspecified atom stereocenters. The van der Waals surface area contributed by atoms with E-state index in [4.69, 9.17) is 0 Å². The Bertz CT molecular complexity index is 601. The summed E-state index contributed by atoms with van der Waals surface area (Å²) in [5.74, 6) is 0. The van der Waals surface area contributed by atoms with E-state index in [2.05, 4.69) is 17.2 Å². The number of nitrogens with one attached hydrogen (secondary N) is 1. The summed E-state index contributed by atoms with van der Waals surface area (Å²) >= 11 is 0. The highest BCUT2D eigenvalue weighted by Crippen LogP contribution is 2.19. The third-order valence-corrected chi connectivity index (χ3v) is 5.27. The van der Waals surface area contributed by atoms with Crippen LogP contribution >= 0.6 is 7.95 Å². The van der Waals surface area contributed by atoms with Gasteiger partial charge in [0.2, 0.25) is 0 Å². The van der Waals surface area contributed by atoms with Gasteiger partial charge < -0.3 is 9.36 Å². The van der Waals surface area contributed by atoms with E-state index in [-0.39, 0.29) is 6.04 Å². The minimum atomic E-state index is -1.90. The molecule has 3 nitrogen and oxygen atoms in total. The summed E-state index contributed by atoms with van der Waals surface area (Å²) in [6.45, 7) is 0. The first-order valence-electron chi connectivity index (χ1n) is 8.10. The van der Waals surface area contributed by atoms with Gasteiger partial charge in [0.15, 0.2) is 0 Å². The summed E-state index contributed by atoms with van der Waals surface area (Å²) in [6, 6.07) is 19.8. The third-order valence-electron chi connectivity index (χ3n) is 3.77. The van der Waals surface area contributed by atoms with Gasteiger partial charge in [-0.3, -0.25) is 5.09 Å². The van der Waals surface area contributed by atoms with Crippen molar-refractivity contribution in [1.29, 1.82) is 0 Å². The minimum Gasteiger partial charge on any atom is -0.310 e. The van der Waals surface area contributed by atoms with Crippen LogP contribution in [0.2, 0.25) is 0 Å². The van der Waals surface area contributed by atoms with E-state index >= 15 is 0 Å². The van der Waals surface area contributed by atoms with Crippen molar-refractivity contribution in [2.45, 2.75) is 31.7 Å². The van der Waals surface area contributed by atoms with Crippen molar-refractivity contribution in [3.8, 4) is 0 Å². The number of carbonyl (C=O) groups excluding carboxylic acids is 1. The Morgan fingerprint density at radius 2 is 1.52 bits per heavy atom. The Morgan fingerprint density at radius 1 is 0.913 bits per heavy atom. The molecule has 0 spiro atoms. The summed E-state index contributed by atoms with van der Waals surface area (Å²) < 4.78 is 12.1. The molecule has 0 saturated heterocycles. The van der Waals surface area contributed by atoms with Crippen molar-refractivity contribution in [2.75, 3.05) is 6.16 Å². The molecule has 0 radical (unpaired) electrons. The van der Waals surface area contributed by atoms with Crippen molar-refractivity contribution in [1.82, 2.24) is 5.09 Å². The molecular weight excluding hydrogens is 305 g/mol. The second kappa shape index (κ2) is 10.1. The standard InChI is InChI=1S/C19H24NO2P/c21-16-19(15-18-12-5-2-6-13-18)20-23(22)14-8-7-11-17-9-3-1-4-10-17/h1-6,9-10,12-13,16,19,23H,7-8,11,14-15H2,(H,20,22)/t19-/m0/s1. The number of carbonyl (C=O) groups is 1. The van der Waals surface area contributed by atoms with E-state index in [1.807, 2.05) is 48.5 Å². The van der Waals surface area contributed by atoms with E-state index in [0.717, 1.165) is 31.1 Å². The van der Waals surface area contributed by atoms with E-state index in [1.54, 1.807) is 0 Å². The molecule has 122 valence electrons. The zero-order chi connectivity index (χ0) is 16.3. The number of hydrogen-bond donors (Lipinski definition) is 1. The second-order valence-corrected chi connectivity index (χ2v) is 7.33. The van der Waals surface area contributed by atoms with Gasteiger partial charge >= 0.3 is 0 Å². The summed E-state index contributed by atoms with van der Waals surface area (Å²) in [5.41, 5.74) is 2.39. The SMILES string of the molecule is O=C[C@H](Cc1ccccc1)N[PH](=O)CCCCc1ccccc1. The smallest absolute Gasteiger partial charge is 0.137 e. The lowest BCUT2D eigenvalue weighted by molar-refractivity contribution is -0.109. The molecule has 0 saturated carbocycles. The minimum absolute atomic E-state index is 0.363. The van der Waals surface area contributed by atoms with Gasteiger partial charge in [-0.05, 0) is 36.8 Å². The summed E-state index contributed by atoms with van der Waals surface area (Å²) in [5, 5.41) is 2.99. The lowest BCUT2D eigenvalue weighted by atomic mass is 10.1.